The first-order chi connectivity index (χ1) is 17.1. The minimum atomic E-state index is -0.270. The Balaban J connectivity index is 1.42. The fraction of sp³-hybridized carbons (Fsp3) is 0.429. The maximum atomic E-state index is 13.8. The van der Waals surface area contributed by atoms with Crippen molar-refractivity contribution in [2.75, 3.05) is 7.11 Å². The van der Waals surface area contributed by atoms with Gasteiger partial charge in [-0.05, 0) is 79.3 Å². The molecule has 2 aliphatic rings. The van der Waals surface area contributed by atoms with Gasteiger partial charge in [-0.25, -0.2) is 0 Å². The molecule has 3 aromatic rings. The van der Waals surface area contributed by atoms with Gasteiger partial charge in [-0.3, -0.25) is 9.59 Å². The first-order valence-electron chi connectivity index (χ1n) is 12.5. The van der Waals surface area contributed by atoms with Crippen LogP contribution in [-0.4, -0.2) is 28.9 Å². The van der Waals surface area contributed by atoms with E-state index in [1.165, 1.54) is 0 Å². The van der Waals surface area contributed by atoms with E-state index in [0.717, 1.165) is 73.1 Å². The van der Waals surface area contributed by atoms with Crippen molar-refractivity contribution in [1.82, 2.24) is 9.88 Å². The summed E-state index contributed by atoms with van der Waals surface area (Å²) in [6.45, 7) is 0.895. The van der Waals surface area contributed by atoms with Crippen LogP contribution < -0.4 is 15.0 Å². The summed E-state index contributed by atoms with van der Waals surface area (Å²) in [5, 5.41) is 2.03. The number of aryl methyl sites for hydroxylation is 2. The molecule has 184 valence electrons. The molecular weight excluding hydrogens is 460 g/mol. The van der Waals surface area contributed by atoms with Gasteiger partial charge in [0, 0.05) is 23.2 Å². The number of pyridine rings is 1. The molecule has 0 atom stereocenters. The quantitative estimate of drug-likeness (QED) is 0.452. The summed E-state index contributed by atoms with van der Waals surface area (Å²) >= 11 is 1.65. The smallest absolute Gasteiger partial charge is 0.261 e. The van der Waals surface area contributed by atoms with Crippen LogP contribution in [0.5, 0.6) is 11.5 Å². The molecule has 5 rings (SSSR count). The third-order valence-electron chi connectivity index (χ3n) is 7.13. The molecule has 0 radical (unpaired) electrons. The largest absolute Gasteiger partial charge is 0.493 e. The highest BCUT2D eigenvalue weighted by Gasteiger charge is 2.30. The number of benzene rings is 1. The van der Waals surface area contributed by atoms with E-state index in [0.29, 0.717) is 24.7 Å². The lowest BCUT2D eigenvalue weighted by molar-refractivity contribution is 0.0662. The molecule has 1 saturated carbocycles. The number of carbonyl (C=O) groups excluding carboxylic acids is 1. The van der Waals surface area contributed by atoms with Crippen molar-refractivity contribution in [2.24, 2.45) is 0 Å². The van der Waals surface area contributed by atoms with E-state index in [-0.39, 0.29) is 23.1 Å². The standard InChI is InChI=1S/C28H32N2O4S/c1-33-25-13-12-19(15-26(25)34-18-22-10-6-14-35-22)17-30(21-8-3-4-9-21)28(32)23-16-20-7-2-5-11-24(20)29-27(23)31/h6,10,12-16,21H,2-5,7-9,11,17-18H2,1H3,(H,29,31). The lowest BCUT2D eigenvalue weighted by Gasteiger charge is -2.30. The van der Waals surface area contributed by atoms with Gasteiger partial charge in [0.25, 0.3) is 11.5 Å². The van der Waals surface area contributed by atoms with Crippen LogP contribution in [0, 0.1) is 0 Å². The van der Waals surface area contributed by atoms with Crippen molar-refractivity contribution in [3.8, 4) is 11.5 Å². The summed E-state index contributed by atoms with van der Waals surface area (Å²) in [5.74, 6) is 1.14. The Morgan fingerprint density at radius 3 is 2.69 bits per heavy atom. The van der Waals surface area contributed by atoms with E-state index < -0.39 is 0 Å². The molecule has 1 N–H and O–H groups in total. The van der Waals surface area contributed by atoms with Gasteiger partial charge in [0.15, 0.2) is 11.5 Å². The number of ether oxygens (including phenoxy) is 2. The average molecular weight is 493 g/mol. The molecule has 1 amide bonds. The number of hydrogen-bond acceptors (Lipinski definition) is 5. The fourth-order valence-electron chi connectivity index (χ4n) is 5.24. The molecule has 35 heavy (non-hydrogen) atoms. The van der Waals surface area contributed by atoms with Crippen molar-refractivity contribution < 1.29 is 14.3 Å². The van der Waals surface area contributed by atoms with E-state index >= 15 is 0 Å². The summed E-state index contributed by atoms with van der Waals surface area (Å²) in [5.41, 5.74) is 3.06. The number of fused-ring (bicyclic) bond motifs is 1. The zero-order valence-electron chi connectivity index (χ0n) is 20.2. The SMILES string of the molecule is COc1ccc(CN(C(=O)c2cc3c([nH]c2=O)CCCC3)C2CCCC2)cc1OCc1cccs1. The Morgan fingerprint density at radius 1 is 1.09 bits per heavy atom. The van der Waals surface area contributed by atoms with E-state index in [9.17, 15) is 9.59 Å². The second-order valence-electron chi connectivity index (χ2n) is 9.45. The number of aromatic amines is 1. The van der Waals surface area contributed by atoms with Crippen LogP contribution in [0.2, 0.25) is 0 Å². The lowest BCUT2D eigenvalue weighted by atomic mass is 9.94. The van der Waals surface area contributed by atoms with Gasteiger partial charge < -0.3 is 19.4 Å². The molecule has 6 nitrogen and oxygen atoms in total. The highest BCUT2D eigenvalue weighted by atomic mass is 32.1. The maximum Gasteiger partial charge on any atom is 0.261 e. The maximum absolute atomic E-state index is 13.8. The van der Waals surface area contributed by atoms with Gasteiger partial charge in [-0.1, -0.05) is 25.0 Å². The number of nitrogens with one attached hydrogen (secondary N) is 1. The minimum Gasteiger partial charge on any atom is -0.493 e. The first kappa shape index (κ1) is 23.7. The molecule has 0 spiro atoms. The molecule has 2 aliphatic carbocycles. The van der Waals surface area contributed by atoms with Gasteiger partial charge in [-0.2, -0.15) is 0 Å². The van der Waals surface area contributed by atoms with Crippen LogP contribution in [0.4, 0.5) is 0 Å². The third-order valence-corrected chi connectivity index (χ3v) is 7.98. The molecule has 7 heteroatoms. The Labute approximate surface area is 209 Å². The summed E-state index contributed by atoms with van der Waals surface area (Å²) in [6, 6.07) is 11.9. The highest BCUT2D eigenvalue weighted by molar-refractivity contribution is 7.09. The van der Waals surface area contributed by atoms with Gasteiger partial charge in [-0.15, -0.1) is 11.3 Å². The molecule has 0 bridgehead atoms. The zero-order valence-corrected chi connectivity index (χ0v) is 21.0. The number of thiophene rings is 1. The molecule has 0 aliphatic heterocycles. The number of hydrogen-bond donors (Lipinski definition) is 1. The van der Waals surface area contributed by atoms with Crippen molar-refractivity contribution in [2.45, 2.75) is 70.6 Å². The second kappa shape index (κ2) is 10.7. The number of carbonyl (C=O) groups is 1. The van der Waals surface area contributed by atoms with Crippen molar-refractivity contribution in [1.29, 1.82) is 0 Å². The van der Waals surface area contributed by atoms with Crippen LogP contribution in [0.25, 0.3) is 0 Å². The summed E-state index contributed by atoms with van der Waals surface area (Å²) < 4.78 is 11.6. The van der Waals surface area contributed by atoms with Crippen LogP contribution in [0.3, 0.4) is 0 Å². The van der Waals surface area contributed by atoms with Crippen molar-refractivity contribution >= 4 is 17.2 Å². The average Bonchev–Trinajstić information content (AvgIpc) is 3.60. The number of amides is 1. The van der Waals surface area contributed by atoms with Crippen LogP contribution in [-0.2, 0) is 26.0 Å². The zero-order chi connectivity index (χ0) is 24.2. The molecule has 0 unspecified atom stereocenters. The fourth-order valence-corrected chi connectivity index (χ4v) is 5.86. The highest BCUT2D eigenvalue weighted by Crippen LogP contribution is 2.32. The number of aromatic nitrogens is 1. The molecule has 0 saturated heterocycles. The Kier molecular flexibility index (Phi) is 7.23. The number of nitrogens with zero attached hydrogens (tertiary/aromatic N) is 1. The predicted octanol–water partition coefficient (Wildman–Crippen LogP) is 5.49. The summed E-state index contributed by atoms with van der Waals surface area (Å²) in [4.78, 5) is 32.7. The first-order valence-corrected chi connectivity index (χ1v) is 13.4. The number of methoxy groups -OCH3 is 1. The van der Waals surface area contributed by atoms with E-state index in [1.54, 1.807) is 18.4 Å². The minimum absolute atomic E-state index is 0.135. The number of rotatable bonds is 8. The van der Waals surface area contributed by atoms with E-state index in [2.05, 4.69) is 4.98 Å². The monoisotopic (exact) mass is 492 g/mol. The number of H-pyrrole nitrogens is 1. The Hall–Kier alpha value is -3.06. The van der Waals surface area contributed by atoms with E-state index in [1.807, 2.05) is 46.7 Å². The lowest BCUT2D eigenvalue weighted by Crippen LogP contribution is -2.41. The normalized spacial score (nSPS) is 15.6. The van der Waals surface area contributed by atoms with Gasteiger partial charge in [0.2, 0.25) is 0 Å². The molecular formula is C28H32N2O4S. The molecule has 1 aromatic carbocycles. The van der Waals surface area contributed by atoms with Crippen LogP contribution in [0.1, 0.15) is 70.6 Å². The van der Waals surface area contributed by atoms with Crippen molar-refractivity contribution in [3.63, 3.8) is 0 Å². The van der Waals surface area contributed by atoms with E-state index in [4.69, 9.17) is 9.47 Å². The second-order valence-corrected chi connectivity index (χ2v) is 10.5. The molecule has 2 heterocycles. The third kappa shape index (κ3) is 5.30. The van der Waals surface area contributed by atoms with Crippen LogP contribution in [0.15, 0.2) is 46.6 Å². The predicted molar refractivity (Wildman–Crippen MR) is 137 cm³/mol. The molecule has 1 fully saturated rings. The van der Waals surface area contributed by atoms with Gasteiger partial charge in [0.05, 0.1) is 7.11 Å². The van der Waals surface area contributed by atoms with Crippen LogP contribution >= 0.6 is 11.3 Å². The molecule has 2 aromatic heterocycles. The Bertz CT molecular complexity index is 1230. The summed E-state index contributed by atoms with van der Waals surface area (Å²) in [6.07, 6.45) is 8.11. The van der Waals surface area contributed by atoms with Gasteiger partial charge in [0.1, 0.15) is 12.2 Å². The van der Waals surface area contributed by atoms with Crippen molar-refractivity contribution in [3.05, 3.63) is 79.4 Å². The Morgan fingerprint density at radius 2 is 1.91 bits per heavy atom. The van der Waals surface area contributed by atoms with Gasteiger partial charge >= 0.3 is 0 Å². The summed E-state index contributed by atoms with van der Waals surface area (Å²) in [7, 11) is 1.63. The topological polar surface area (TPSA) is 71.6 Å².